The van der Waals surface area contributed by atoms with Crippen LogP contribution < -0.4 is 5.32 Å². The average Bonchev–Trinajstić information content (AvgIpc) is 2.88. The molecular formula is C11H15N3S2. The van der Waals surface area contributed by atoms with E-state index in [0.717, 1.165) is 18.0 Å². The van der Waals surface area contributed by atoms with Crippen LogP contribution in [0.1, 0.15) is 27.9 Å². The van der Waals surface area contributed by atoms with Crippen LogP contribution >= 0.6 is 22.7 Å². The second kappa shape index (κ2) is 5.52. The molecule has 2 aromatic rings. The van der Waals surface area contributed by atoms with E-state index < -0.39 is 0 Å². The zero-order valence-corrected chi connectivity index (χ0v) is 11.1. The fourth-order valence-electron chi connectivity index (χ4n) is 1.59. The Morgan fingerprint density at radius 2 is 2.31 bits per heavy atom. The van der Waals surface area contributed by atoms with E-state index in [2.05, 4.69) is 22.2 Å². The number of nitrogens with zero attached hydrogens (tertiary/aromatic N) is 2. The molecule has 0 bridgehead atoms. The second-order valence-corrected chi connectivity index (χ2v) is 5.77. The molecular weight excluding hydrogens is 238 g/mol. The third-order valence-corrected chi connectivity index (χ3v) is 4.12. The third kappa shape index (κ3) is 2.87. The summed E-state index contributed by atoms with van der Waals surface area (Å²) in [5.74, 6) is 0. The van der Waals surface area contributed by atoms with E-state index in [1.807, 2.05) is 24.7 Å². The maximum absolute atomic E-state index is 4.33. The average molecular weight is 253 g/mol. The molecule has 0 fully saturated rings. The Morgan fingerprint density at radius 3 is 2.88 bits per heavy atom. The van der Waals surface area contributed by atoms with Crippen molar-refractivity contribution in [3.05, 3.63) is 32.7 Å². The number of likely N-dealkylation sites (N-methyl/N-ethyl adjacent to an activating group) is 1. The normalized spacial score (nSPS) is 12.9. The molecule has 86 valence electrons. The van der Waals surface area contributed by atoms with Crippen molar-refractivity contribution in [1.82, 2.24) is 15.3 Å². The lowest BCUT2D eigenvalue weighted by Crippen LogP contribution is -2.22. The summed E-state index contributed by atoms with van der Waals surface area (Å²) in [6.45, 7) is 5.14. The number of hydrogen-bond acceptors (Lipinski definition) is 5. The fourth-order valence-corrected chi connectivity index (χ4v) is 3.11. The van der Waals surface area contributed by atoms with Gasteiger partial charge in [0.2, 0.25) is 0 Å². The minimum atomic E-state index is 0.349. The van der Waals surface area contributed by atoms with E-state index >= 15 is 0 Å². The van der Waals surface area contributed by atoms with Gasteiger partial charge in [-0.3, -0.25) is 0 Å². The highest BCUT2D eigenvalue weighted by Crippen LogP contribution is 2.24. The highest BCUT2D eigenvalue weighted by Gasteiger charge is 2.14. The Labute approximate surface area is 104 Å². The molecule has 2 rings (SSSR count). The minimum absolute atomic E-state index is 0.349. The lowest BCUT2D eigenvalue weighted by Gasteiger charge is -2.14. The second-order valence-electron chi connectivity index (χ2n) is 3.52. The van der Waals surface area contributed by atoms with Crippen molar-refractivity contribution < 1.29 is 0 Å². The van der Waals surface area contributed by atoms with Gasteiger partial charge in [-0.15, -0.1) is 22.7 Å². The fraction of sp³-hybridized carbons (Fsp3) is 0.455. The summed E-state index contributed by atoms with van der Waals surface area (Å²) in [6, 6.07) is 0.349. The quantitative estimate of drug-likeness (QED) is 0.890. The third-order valence-electron chi connectivity index (χ3n) is 2.30. The largest absolute Gasteiger partial charge is 0.309 e. The molecule has 3 nitrogen and oxygen atoms in total. The highest BCUT2D eigenvalue weighted by molar-refractivity contribution is 7.11. The van der Waals surface area contributed by atoms with Crippen LogP contribution in [0, 0.1) is 6.92 Å². The molecule has 0 aliphatic rings. The molecule has 0 aliphatic carbocycles. The van der Waals surface area contributed by atoms with Gasteiger partial charge in [-0.05, 0) is 13.5 Å². The summed E-state index contributed by atoms with van der Waals surface area (Å²) in [5.41, 5.74) is 0. The standard InChI is InChI=1S/C11H15N3S2/c1-3-12-9(6-11-13-4-5-15-11)10-7-14-8(2)16-10/h4-5,7,9,12H,3,6H2,1-2H3. The Morgan fingerprint density at radius 1 is 1.44 bits per heavy atom. The smallest absolute Gasteiger partial charge is 0.0944 e. The van der Waals surface area contributed by atoms with Crippen LogP contribution in [0.4, 0.5) is 0 Å². The monoisotopic (exact) mass is 253 g/mol. The number of rotatable bonds is 5. The maximum Gasteiger partial charge on any atom is 0.0944 e. The van der Waals surface area contributed by atoms with Gasteiger partial charge in [-0.1, -0.05) is 6.92 Å². The van der Waals surface area contributed by atoms with Crippen LogP contribution in [0.25, 0.3) is 0 Å². The summed E-state index contributed by atoms with van der Waals surface area (Å²) in [6.07, 6.45) is 4.79. The molecule has 5 heteroatoms. The summed E-state index contributed by atoms with van der Waals surface area (Å²) >= 11 is 3.47. The van der Waals surface area contributed by atoms with Crippen molar-refractivity contribution in [3.63, 3.8) is 0 Å². The van der Waals surface area contributed by atoms with Crippen LogP contribution in [0.2, 0.25) is 0 Å². The Balaban J connectivity index is 2.11. The predicted molar refractivity (Wildman–Crippen MR) is 69.1 cm³/mol. The van der Waals surface area contributed by atoms with Crippen LogP contribution in [-0.4, -0.2) is 16.5 Å². The summed E-state index contributed by atoms with van der Waals surface area (Å²) < 4.78 is 0. The molecule has 0 aromatic carbocycles. The van der Waals surface area contributed by atoms with E-state index in [9.17, 15) is 0 Å². The van der Waals surface area contributed by atoms with Gasteiger partial charge < -0.3 is 5.32 Å². The van der Waals surface area contributed by atoms with Gasteiger partial charge in [0.05, 0.1) is 10.0 Å². The van der Waals surface area contributed by atoms with Crippen LogP contribution in [-0.2, 0) is 6.42 Å². The number of nitrogens with one attached hydrogen (secondary N) is 1. The lowest BCUT2D eigenvalue weighted by atomic mass is 10.2. The van der Waals surface area contributed by atoms with Gasteiger partial charge >= 0.3 is 0 Å². The van der Waals surface area contributed by atoms with Crippen molar-refractivity contribution in [2.75, 3.05) is 6.54 Å². The van der Waals surface area contributed by atoms with Gasteiger partial charge in [-0.2, -0.15) is 0 Å². The molecule has 0 aliphatic heterocycles. The summed E-state index contributed by atoms with van der Waals surface area (Å²) in [5, 5.41) is 7.81. The SMILES string of the molecule is CCNC(Cc1nccs1)c1cnc(C)s1. The zero-order chi connectivity index (χ0) is 11.4. The summed E-state index contributed by atoms with van der Waals surface area (Å²) in [4.78, 5) is 9.94. The molecule has 1 N–H and O–H groups in total. The van der Waals surface area contributed by atoms with E-state index in [1.165, 1.54) is 9.88 Å². The molecule has 0 spiro atoms. The molecule has 1 unspecified atom stereocenters. The molecule has 0 saturated heterocycles. The number of thiazole rings is 2. The number of hydrogen-bond donors (Lipinski definition) is 1. The summed E-state index contributed by atoms with van der Waals surface area (Å²) in [7, 11) is 0. The molecule has 16 heavy (non-hydrogen) atoms. The highest BCUT2D eigenvalue weighted by atomic mass is 32.1. The van der Waals surface area contributed by atoms with Gasteiger partial charge in [0.15, 0.2) is 0 Å². The molecule has 2 heterocycles. The first-order valence-electron chi connectivity index (χ1n) is 5.33. The van der Waals surface area contributed by atoms with E-state index in [0.29, 0.717) is 6.04 Å². The van der Waals surface area contributed by atoms with Crippen molar-refractivity contribution in [3.8, 4) is 0 Å². The first-order chi connectivity index (χ1) is 7.79. The van der Waals surface area contributed by atoms with Crippen molar-refractivity contribution >= 4 is 22.7 Å². The lowest BCUT2D eigenvalue weighted by molar-refractivity contribution is 0.556. The topological polar surface area (TPSA) is 37.8 Å². The molecule has 1 atom stereocenters. The number of aromatic nitrogens is 2. The van der Waals surface area contributed by atoms with E-state index in [1.54, 1.807) is 22.7 Å². The van der Waals surface area contributed by atoms with Crippen LogP contribution in [0.3, 0.4) is 0 Å². The minimum Gasteiger partial charge on any atom is -0.309 e. The van der Waals surface area contributed by atoms with Crippen molar-refractivity contribution in [2.24, 2.45) is 0 Å². The van der Waals surface area contributed by atoms with Crippen LogP contribution in [0.5, 0.6) is 0 Å². The molecule has 2 aromatic heterocycles. The molecule has 0 saturated carbocycles. The van der Waals surface area contributed by atoms with Gasteiger partial charge in [0.1, 0.15) is 0 Å². The Hall–Kier alpha value is -0.780. The molecule has 0 radical (unpaired) electrons. The molecule has 0 amide bonds. The Bertz CT molecular complexity index is 422. The zero-order valence-electron chi connectivity index (χ0n) is 9.43. The first-order valence-corrected chi connectivity index (χ1v) is 7.03. The predicted octanol–water partition coefficient (Wildman–Crippen LogP) is 2.80. The van der Waals surface area contributed by atoms with Gasteiger partial charge in [-0.25, -0.2) is 9.97 Å². The number of aryl methyl sites for hydroxylation is 1. The van der Waals surface area contributed by atoms with Crippen molar-refractivity contribution in [1.29, 1.82) is 0 Å². The van der Waals surface area contributed by atoms with Gasteiger partial charge in [0.25, 0.3) is 0 Å². The van der Waals surface area contributed by atoms with Crippen molar-refractivity contribution in [2.45, 2.75) is 26.3 Å². The first kappa shape index (κ1) is 11.7. The van der Waals surface area contributed by atoms with Gasteiger partial charge in [0, 0.05) is 35.1 Å². The Kier molecular flexibility index (Phi) is 4.04. The van der Waals surface area contributed by atoms with Crippen LogP contribution in [0.15, 0.2) is 17.8 Å². The van der Waals surface area contributed by atoms with E-state index in [4.69, 9.17) is 0 Å². The van der Waals surface area contributed by atoms with E-state index in [-0.39, 0.29) is 0 Å². The maximum atomic E-state index is 4.33.